The molecule has 0 aliphatic heterocycles. The van der Waals surface area contributed by atoms with Gasteiger partial charge < -0.3 is 14.9 Å². The molecular weight excluding hydrogens is 260 g/mol. The molecule has 20 heavy (non-hydrogen) atoms. The van der Waals surface area contributed by atoms with Crippen LogP contribution in [0.2, 0.25) is 0 Å². The molecule has 1 heterocycles. The minimum absolute atomic E-state index is 0.101. The Morgan fingerprint density at radius 1 is 1.45 bits per heavy atom. The van der Waals surface area contributed by atoms with Crippen LogP contribution < -0.4 is 5.32 Å². The fourth-order valence-electron chi connectivity index (χ4n) is 2.45. The molecule has 1 amide bonds. The van der Waals surface area contributed by atoms with Gasteiger partial charge in [-0.3, -0.25) is 9.59 Å². The van der Waals surface area contributed by atoms with Crippen LogP contribution in [0.1, 0.15) is 50.5 Å². The molecule has 110 valence electrons. The van der Waals surface area contributed by atoms with E-state index in [-0.39, 0.29) is 23.7 Å². The minimum Gasteiger partial charge on any atom is -0.481 e. The van der Waals surface area contributed by atoms with E-state index in [1.165, 1.54) is 0 Å². The normalized spacial score (nSPS) is 22.1. The Balaban J connectivity index is 1.82. The molecule has 6 nitrogen and oxygen atoms in total. The zero-order valence-electron chi connectivity index (χ0n) is 11.8. The molecule has 1 saturated carbocycles. The Morgan fingerprint density at radius 3 is 2.70 bits per heavy atom. The first kappa shape index (κ1) is 14.6. The summed E-state index contributed by atoms with van der Waals surface area (Å²) in [6.45, 7) is 4.34. The van der Waals surface area contributed by atoms with Gasteiger partial charge in [-0.25, -0.2) is 0 Å². The number of nitrogens with one attached hydrogen (secondary N) is 1. The van der Waals surface area contributed by atoms with E-state index in [4.69, 9.17) is 9.63 Å². The maximum absolute atomic E-state index is 12.0. The van der Waals surface area contributed by atoms with E-state index >= 15 is 0 Å². The zero-order chi connectivity index (χ0) is 14.7. The van der Waals surface area contributed by atoms with Crippen LogP contribution in [-0.4, -0.2) is 22.1 Å². The second-order valence-electron chi connectivity index (χ2n) is 5.64. The van der Waals surface area contributed by atoms with E-state index in [2.05, 4.69) is 10.5 Å². The maximum atomic E-state index is 12.0. The third kappa shape index (κ3) is 3.37. The van der Waals surface area contributed by atoms with Crippen LogP contribution in [0.3, 0.4) is 0 Å². The Bertz CT molecular complexity index is 495. The van der Waals surface area contributed by atoms with Gasteiger partial charge >= 0.3 is 5.97 Å². The van der Waals surface area contributed by atoms with Crippen molar-refractivity contribution in [3.63, 3.8) is 0 Å². The molecule has 0 radical (unpaired) electrons. The second kappa shape index (κ2) is 6.07. The van der Waals surface area contributed by atoms with Gasteiger partial charge in [0.15, 0.2) is 5.76 Å². The summed E-state index contributed by atoms with van der Waals surface area (Å²) < 4.78 is 5.14. The third-order valence-corrected chi connectivity index (χ3v) is 3.76. The fraction of sp³-hybridized carbons (Fsp3) is 0.643. The lowest BCUT2D eigenvalue weighted by Gasteiger charge is -2.09. The third-order valence-electron chi connectivity index (χ3n) is 3.76. The van der Waals surface area contributed by atoms with E-state index in [0.717, 1.165) is 5.69 Å². The Kier molecular flexibility index (Phi) is 4.42. The molecule has 6 heteroatoms. The van der Waals surface area contributed by atoms with Gasteiger partial charge in [-0.05, 0) is 25.2 Å². The Morgan fingerprint density at radius 2 is 2.15 bits per heavy atom. The molecule has 0 saturated heterocycles. The van der Waals surface area contributed by atoms with Gasteiger partial charge in [0, 0.05) is 12.0 Å². The molecule has 2 unspecified atom stereocenters. The number of carboxylic acids is 1. The summed E-state index contributed by atoms with van der Waals surface area (Å²) in [5.41, 5.74) is 0.862. The van der Waals surface area contributed by atoms with Crippen molar-refractivity contribution < 1.29 is 19.2 Å². The first-order chi connectivity index (χ1) is 9.47. The standard InChI is InChI=1S/C14H20N2O4/c1-8(2)12-6-11(20-16-12)7-15-13(17)9-3-4-10(5-9)14(18)19/h6,8-10H,3-5,7H2,1-2H3,(H,15,17)(H,18,19). The lowest BCUT2D eigenvalue weighted by molar-refractivity contribution is -0.141. The number of aliphatic carboxylic acids is 1. The Hall–Kier alpha value is -1.85. The molecule has 0 aromatic carbocycles. The fourth-order valence-corrected chi connectivity index (χ4v) is 2.45. The van der Waals surface area contributed by atoms with E-state index in [1.807, 2.05) is 19.9 Å². The quantitative estimate of drug-likeness (QED) is 0.859. The highest BCUT2D eigenvalue weighted by Gasteiger charge is 2.33. The summed E-state index contributed by atoms with van der Waals surface area (Å²) in [5.74, 6) is -0.593. The minimum atomic E-state index is -0.808. The SMILES string of the molecule is CC(C)c1cc(CNC(=O)C2CCC(C(=O)O)C2)on1. The summed E-state index contributed by atoms with van der Waals surface area (Å²) in [6, 6.07) is 1.83. The average molecular weight is 280 g/mol. The van der Waals surface area contributed by atoms with E-state index in [1.54, 1.807) is 0 Å². The van der Waals surface area contributed by atoms with Gasteiger partial charge in [-0.2, -0.15) is 0 Å². The van der Waals surface area contributed by atoms with Crippen molar-refractivity contribution in [1.82, 2.24) is 10.5 Å². The maximum Gasteiger partial charge on any atom is 0.306 e. The van der Waals surface area contributed by atoms with Crippen LogP contribution in [0.25, 0.3) is 0 Å². The smallest absolute Gasteiger partial charge is 0.306 e. The molecule has 2 atom stereocenters. The number of nitrogens with zero attached hydrogens (tertiary/aromatic N) is 1. The molecule has 1 aromatic heterocycles. The number of carbonyl (C=O) groups is 2. The van der Waals surface area contributed by atoms with Crippen molar-refractivity contribution in [2.45, 2.75) is 45.6 Å². The lowest BCUT2D eigenvalue weighted by atomic mass is 10.0. The molecule has 1 aromatic rings. The number of carbonyl (C=O) groups excluding carboxylic acids is 1. The monoisotopic (exact) mass is 280 g/mol. The van der Waals surface area contributed by atoms with Crippen molar-refractivity contribution in [3.05, 3.63) is 17.5 Å². The lowest BCUT2D eigenvalue weighted by Crippen LogP contribution is -2.29. The molecule has 1 aliphatic carbocycles. The highest BCUT2D eigenvalue weighted by Crippen LogP contribution is 2.31. The zero-order valence-corrected chi connectivity index (χ0v) is 11.8. The largest absolute Gasteiger partial charge is 0.481 e. The van der Waals surface area contributed by atoms with Crippen LogP contribution in [-0.2, 0) is 16.1 Å². The Labute approximate surface area is 117 Å². The van der Waals surface area contributed by atoms with E-state index in [0.29, 0.717) is 31.6 Å². The van der Waals surface area contributed by atoms with Crippen LogP contribution in [0.4, 0.5) is 0 Å². The van der Waals surface area contributed by atoms with Gasteiger partial charge in [0.25, 0.3) is 0 Å². The van der Waals surface area contributed by atoms with Crippen LogP contribution in [0.5, 0.6) is 0 Å². The molecule has 2 N–H and O–H groups in total. The highest BCUT2D eigenvalue weighted by atomic mass is 16.5. The summed E-state index contributed by atoms with van der Waals surface area (Å²) in [4.78, 5) is 22.8. The van der Waals surface area contributed by atoms with Gasteiger partial charge in [0.2, 0.25) is 5.91 Å². The summed E-state index contributed by atoms with van der Waals surface area (Å²) in [6.07, 6.45) is 1.64. The van der Waals surface area contributed by atoms with Gasteiger partial charge in [-0.15, -0.1) is 0 Å². The number of carboxylic acid groups (broad SMARTS) is 1. The molecule has 1 fully saturated rings. The van der Waals surface area contributed by atoms with E-state index < -0.39 is 5.97 Å². The summed E-state index contributed by atoms with van der Waals surface area (Å²) in [7, 11) is 0. The molecule has 2 rings (SSSR count). The second-order valence-corrected chi connectivity index (χ2v) is 5.64. The predicted octanol–water partition coefficient (Wildman–Crippen LogP) is 1.92. The molecule has 1 aliphatic rings. The predicted molar refractivity (Wildman–Crippen MR) is 70.9 cm³/mol. The van der Waals surface area contributed by atoms with E-state index in [9.17, 15) is 9.59 Å². The number of hydrogen-bond acceptors (Lipinski definition) is 4. The molecular formula is C14H20N2O4. The van der Waals surface area contributed by atoms with Crippen LogP contribution in [0.15, 0.2) is 10.6 Å². The summed E-state index contributed by atoms with van der Waals surface area (Å²) in [5, 5.41) is 15.6. The van der Waals surface area contributed by atoms with Crippen LogP contribution >= 0.6 is 0 Å². The van der Waals surface area contributed by atoms with Crippen molar-refractivity contribution in [3.8, 4) is 0 Å². The highest BCUT2D eigenvalue weighted by molar-refractivity contribution is 5.80. The topological polar surface area (TPSA) is 92.4 Å². The number of hydrogen-bond donors (Lipinski definition) is 2. The molecule has 0 bridgehead atoms. The van der Waals surface area contributed by atoms with Crippen molar-refractivity contribution >= 4 is 11.9 Å². The molecule has 0 spiro atoms. The van der Waals surface area contributed by atoms with Crippen LogP contribution in [0, 0.1) is 11.8 Å². The van der Waals surface area contributed by atoms with Crippen molar-refractivity contribution in [2.24, 2.45) is 11.8 Å². The number of amides is 1. The van der Waals surface area contributed by atoms with Crippen molar-refractivity contribution in [1.29, 1.82) is 0 Å². The van der Waals surface area contributed by atoms with Gasteiger partial charge in [-0.1, -0.05) is 19.0 Å². The van der Waals surface area contributed by atoms with Gasteiger partial charge in [0.05, 0.1) is 18.2 Å². The average Bonchev–Trinajstić information content (AvgIpc) is 3.05. The van der Waals surface area contributed by atoms with Crippen molar-refractivity contribution in [2.75, 3.05) is 0 Å². The first-order valence-electron chi connectivity index (χ1n) is 6.93. The first-order valence-corrected chi connectivity index (χ1v) is 6.93. The number of aromatic nitrogens is 1. The van der Waals surface area contributed by atoms with Gasteiger partial charge in [0.1, 0.15) is 0 Å². The number of rotatable bonds is 5. The summed E-state index contributed by atoms with van der Waals surface area (Å²) >= 11 is 0.